The molecule has 0 aliphatic rings. The van der Waals surface area contributed by atoms with E-state index < -0.39 is 167 Å². The lowest BCUT2D eigenvalue weighted by molar-refractivity contribution is 0.0308. The molecule has 7 atom stereocenters. The molecule has 0 fully saturated rings. The molecule has 0 aromatic heterocycles. The Morgan fingerprint density at radius 2 is 0.377 bits per heavy atom. The van der Waals surface area contributed by atoms with Crippen molar-refractivity contribution in [1.29, 1.82) is 0 Å². The van der Waals surface area contributed by atoms with Gasteiger partial charge >= 0.3 is 51.4 Å². The Balaban J connectivity index is -0.00000174. The van der Waals surface area contributed by atoms with Crippen molar-refractivity contribution in [2.75, 3.05) is 39.6 Å². The number of rotatable bonds is 64. The monoisotopic (exact) mass is 2040 g/mol. The van der Waals surface area contributed by atoms with Crippen molar-refractivity contribution in [1.82, 2.24) is 0 Å². The third-order valence-corrected chi connectivity index (χ3v) is 82.3. The van der Waals surface area contributed by atoms with Gasteiger partial charge < -0.3 is 80.0 Å². The largest absolute Gasteiger partial charge is 0.437 e. The van der Waals surface area contributed by atoms with Gasteiger partial charge in [0.1, 0.15) is 0 Å². The Bertz CT molecular complexity index is 2590. The summed E-state index contributed by atoms with van der Waals surface area (Å²) in [5, 5.41) is 62.5. The predicted molar refractivity (Wildman–Crippen MR) is 575 cm³/mol. The quantitative estimate of drug-likeness (QED) is 0.0245. The molecule has 0 amide bonds. The van der Waals surface area contributed by atoms with Gasteiger partial charge in [0, 0.05) is 21.8 Å². The molecule has 0 aliphatic heterocycles. The highest BCUT2D eigenvalue weighted by Gasteiger charge is 2.51. The van der Waals surface area contributed by atoms with Gasteiger partial charge in [-0.05, 0) is 379 Å². The molecule has 0 aromatic carbocycles. The summed E-state index contributed by atoms with van der Waals surface area (Å²) < 4.78 is 81.1. The van der Waals surface area contributed by atoms with Crippen molar-refractivity contribution in [3.05, 3.63) is 0 Å². The average molecular weight is 2040 g/mol. The molecule has 0 heterocycles. The first kappa shape index (κ1) is 129. The molecule has 0 aromatic rings. The van der Waals surface area contributed by atoms with Crippen molar-refractivity contribution in [2.45, 2.75) is 474 Å². The first-order valence-electron chi connectivity index (χ1n) is 48.0. The van der Waals surface area contributed by atoms with Crippen LogP contribution < -0.4 is 0 Å². The highest BCUT2D eigenvalue weighted by atomic mass is 28.5. The van der Waals surface area contributed by atoms with Gasteiger partial charge in [-0.1, -0.05) is 113 Å². The van der Waals surface area contributed by atoms with Gasteiger partial charge in [0.15, 0.2) is 99.8 Å². The first-order chi connectivity index (χ1) is 53.9. The molecule has 0 rings (SSSR count). The van der Waals surface area contributed by atoms with Crippen LogP contribution in [0.1, 0.15) is 164 Å². The van der Waals surface area contributed by atoms with Gasteiger partial charge in [-0.2, -0.15) is 0 Å². The zero-order chi connectivity index (χ0) is 97.1. The van der Waals surface area contributed by atoms with Crippen LogP contribution in [0.15, 0.2) is 0 Å². The van der Waals surface area contributed by atoms with Crippen LogP contribution in [-0.4, -0.2) is 221 Å². The van der Waals surface area contributed by atoms with Crippen LogP contribution in [0, 0.1) is 39.9 Å². The molecule has 36 heteroatoms. The van der Waals surface area contributed by atoms with Gasteiger partial charge in [-0.25, -0.2) is 0 Å². The van der Waals surface area contributed by atoms with Gasteiger partial charge in [-0.3, -0.25) is 0 Å². The summed E-state index contributed by atoms with van der Waals surface area (Å²) in [6, 6.07) is 2.91. The molecule has 7 unspecified atom stereocenters. The Morgan fingerprint density at radius 3 is 0.582 bits per heavy atom. The third-order valence-electron chi connectivity index (χ3n) is 22.1. The molecule has 738 valence electrons. The average Bonchev–Trinajstić information content (AvgIpc) is 0.811. The minimum absolute atomic E-state index is 0.0138. The molecule has 122 heavy (non-hydrogen) atoms. The fourth-order valence-corrected chi connectivity index (χ4v) is 95.4. The van der Waals surface area contributed by atoms with Crippen molar-refractivity contribution >= 4 is 151 Å². The first-order valence-corrected chi connectivity index (χ1v) is 104. The van der Waals surface area contributed by atoms with E-state index in [1.165, 1.54) is 0 Å². The normalized spacial score (nSPS) is 16.5. The van der Waals surface area contributed by atoms with E-state index in [2.05, 4.69) is 323 Å². The van der Waals surface area contributed by atoms with Crippen LogP contribution in [0.3, 0.4) is 0 Å². The number of aliphatic hydroxyl groups excluding tert-OH is 6. The van der Waals surface area contributed by atoms with E-state index in [4.69, 9.17) is 49.4 Å². The maximum Gasteiger partial charge on any atom is 0.317 e. The lowest BCUT2D eigenvalue weighted by Gasteiger charge is -2.44. The van der Waals surface area contributed by atoms with Crippen LogP contribution in [0.5, 0.6) is 0 Å². The highest BCUT2D eigenvalue weighted by Crippen LogP contribution is 2.44. The predicted octanol–water partition coefficient (Wildman–Crippen LogP) is 27.3. The maximum absolute atomic E-state index is 10.5. The Hall–Kier alpha value is 3.18. The van der Waals surface area contributed by atoms with Crippen LogP contribution in [0.2, 0.25) is 310 Å². The Morgan fingerprint density at radius 1 is 0.197 bits per heavy atom. The lowest BCUT2D eigenvalue weighted by atomic mass is 9.77. The molecular weight excluding hydrogens is 1830 g/mol. The van der Waals surface area contributed by atoms with E-state index in [1.54, 1.807) is 0 Å². The standard InChI is InChI=1S/C30H74O6Si6.C29H72O6Si6.C27H68O6Si6/c1-27(24-41(16,33-37(4,5)6)34-38(7,8)9)20-18-22-30(25-31,26-32)23-19-21-28(2)29(3)42(17,35-39(10,11)12)36-40(13,14)15;1-27(40(15,32-36(3,4)5)33-37(6,7)8)21-17-19-23-29(25-30,26-31)24-20-18-22-28(2)41(16,34-38(9,10)11)35-39(12,13)14;1-25(21-38(15,30-34(3,4)5)31-35(6,7)8)17-19-27(23-28,24-29)20-18-26(2)22-39(16,32-36(9,10)11)33-37(12,13)14/h27-29,31-32H,18-26H2,1-17H3;27-28,30-31H,17-26H2,1-16H3;25-26,28-29H,17-24H2,1-16H3. The van der Waals surface area contributed by atoms with Crippen LogP contribution in [0.25, 0.3) is 0 Å². The summed E-state index contributed by atoms with van der Waals surface area (Å²) in [6.45, 7) is 111. The van der Waals surface area contributed by atoms with E-state index in [1.807, 2.05) is 0 Å². The van der Waals surface area contributed by atoms with E-state index >= 15 is 0 Å². The van der Waals surface area contributed by atoms with Crippen molar-refractivity contribution in [3.8, 4) is 0 Å². The number of hydrogen-bond donors (Lipinski definition) is 6. The van der Waals surface area contributed by atoms with Crippen LogP contribution in [0.4, 0.5) is 0 Å². The molecule has 0 aliphatic carbocycles. The fraction of sp³-hybridized carbons (Fsp3) is 1.00. The number of aliphatic hydroxyl groups is 6. The Labute approximate surface area is 778 Å². The topological polar surface area (TPSA) is 232 Å². The Kier molecular flexibility index (Phi) is 55.8. The van der Waals surface area contributed by atoms with Gasteiger partial charge in [-0.15, -0.1) is 0 Å². The SMILES string of the molecule is CC(CCC(CO)(CO)CCC(C)C[Si](C)(O[Si](C)(C)C)O[Si](C)(C)C)C[Si](C)(O[Si](C)(C)C)O[Si](C)(C)C.CC(CCCC(CO)(CO)CCCC(C)C(C)[Si](C)(O[Si](C)(C)C)O[Si](C)(C)C)C[Si](C)(O[Si](C)(C)C)O[Si](C)(C)C.CC(CCCCC(CO)(CO)CCCCC(C)[Si](C)(O[Si](C)(C)C)O[Si](C)(C)C)[Si](C)(O[Si](C)(C)C)O[Si](C)(C)C. The van der Waals surface area contributed by atoms with Gasteiger partial charge in [0.05, 0.1) is 39.6 Å². The van der Waals surface area contributed by atoms with Crippen LogP contribution in [-0.2, 0) is 49.4 Å². The third kappa shape index (κ3) is 62.0. The summed E-state index contributed by atoms with van der Waals surface area (Å²) in [7, 11) is -34.7. The van der Waals surface area contributed by atoms with Gasteiger partial charge in [0.25, 0.3) is 0 Å². The summed E-state index contributed by atoms with van der Waals surface area (Å²) >= 11 is 0. The molecule has 0 saturated heterocycles. The fourth-order valence-electron chi connectivity index (χ4n) is 18.1. The van der Waals surface area contributed by atoms with E-state index in [0.717, 1.165) is 134 Å². The van der Waals surface area contributed by atoms with E-state index in [0.29, 0.717) is 40.3 Å². The van der Waals surface area contributed by atoms with Crippen molar-refractivity contribution < 1.29 is 80.0 Å². The van der Waals surface area contributed by atoms with Crippen molar-refractivity contribution in [3.63, 3.8) is 0 Å². The molecule has 0 spiro atoms. The van der Waals surface area contributed by atoms with E-state index in [9.17, 15) is 30.6 Å². The lowest BCUT2D eigenvalue weighted by Crippen LogP contribution is -2.56. The zero-order valence-electron chi connectivity index (χ0n) is 90.2. The van der Waals surface area contributed by atoms with Crippen LogP contribution >= 0.6 is 0 Å². The highest BCUT2D eigenvalue weighted by molar-refractivity contribution is 6.92. The molecule has 0 radical (unpaired) electrons. The molecule has 0 bridgehead atoms. The summed E-state index contributed by atoms with van der Waals surface area (Å²) in [4.78, 5) is 0. The maximum atomic E-state index is 10.5. The smallest absolute Gasteiger partial charge is 0.317 e. The number of hydrogen-bond acceptors (Lipinski definition) is 18. The van der Waals surface area contributed by atoms with Gasteiger partial charge in [0.2, 0.25) is 0 Å². The van der Waals surface area contributed by atoms with E-state index in [-0.39, 0.29) is 39.6 Å². The molecule has 6 N–H and O–H groups in total. The molecular formula is C86H214O18Si18. The number of unbranched alkanes of at least 4 members (excludes halogenated alkanes) is 2. The molecule has 18 nitrogen and oxygen atoms in total. The summed E-state index contributed by atoms with van der Waals surface area (Å²) in [5.41, 5.74) is -0.0781. The second-order valence-electron chi connectivity index (χ2n) is 51.3. The summed E-state index contributed by atoms with van der Waals surface area (Å²) in [6.07, 6.45) is 17.3. The van der Waals surface area contributed by atoms with Crippen molar-refractivity contribution in [2.24, 2.45) is 39.9 Å². The minimum atomic E-state index is -2.37. The summed E-state index contributed by atoms with van der Waals surface area (Å²) in [5.74, 6) is 1.78. The minimum Gasteiger partial charge on any atom is -0.437 e. The second-order valence-corrected chi connectivity index (χ2v) is 129. The second kappa shape index (κ2) is 52.7. The molecule has 0 saturated carbocycles. The zero-order valence-corrected chi connectivity index (χ0v) is 108.